The number of phenols is 1. The molecular weight excluding hydrogens is 416 g/mol. The molecule has 2 unspecified atom stereocenters. The fourth-order valence-corrected chi connectivity index (χ4v) is 4.45. The highest BCUT2D eigenvalue weighted by molar-refractivity contribution is 6.02. The van der Waals surface area contributed by atoms with Crippen LogP contribution in [0.3, 0.4) is 0 Å². The second-order valence-corrected chi connectivity index (χ2v) is 10.9. The number of aliphatic carboxylic acids is 1. The van der Waals surface area contributed by atoms with E-state index in [-0.39, 0.29) is 41.3 Å². The van der Waals surface area contributed by atoms with E-state index >= 15 is 0 Å². The fourth-order valence-electron chi connectivity index (χ4n) is 4.45. The molecule has 2 aromatic carbocycles. The zero-order valence-corrected chi connectivity index (χ0v) is 20.3. The summed E-state index contributed by atoms with van der Waals surface area (Å²) in [6.07, 6.45) is 0. The minimum atomic E-state index is -0.974. The third-order valence-corrected chi connectivity index (χ3v) is 6.31. The van der Waals surface area contributed by atoms with Crippen molar-refractivity contribution in [2.24, 2.45) is 5.92 Å². The van der Waals surface area contributed by atoms with Crippen LogP contribution in [0.1, 0.15) is 74.5 Å². The van der Waals surface area contributed by atoms with Crippen molar-refractivity contribution in [1.82, 2.24) is 4.90 Å². The van der Waals surface area contributed by atoms with Crippen molar-refractivity contribution in [3.8, 4) is 5.75 Å². The van der Waals surface area contributed by atoms with Crippen LogP contribution in [0.25, 0.3) is 0 Å². The number of carboxylic acids is 1. The zero-order chi connectivity index (χ0) is 24.7. The fraction of sp³-hybridized carbons (Fsp3) is 0.444. The second-order valence-electron chi connectivity index (χ2n) is 10.9. The molecule has 1 aliphatic rings. The summed E-state index contributed by atoms with van der Waals surface area (Å²) in [5, 5.41) is 29.4. The molecule has 2 atom stereocenters. The van der Waals surface area contributed by atoms with E-state index in [2.05, 4.69) is 0 Å². The van der Waals surface area contributed by atoms with Crippen LogP contribution in [-0.4, -0.2) is 45.8 Å². The van der Waals surface area contributed by atoms with Gasteiger partial charge in [-0.15, -0.1) is 0 Å². The first kappa shape index (κ1) is 24.5. The number of carboxylic acid groups (broad SMARTS) is 1. The van der Waals surface area contributed by atoms with Gasteiger partial charge in [0.25, 0.3) is 0 Å². The van der Waals surface area contributed by atoms with Gasteiger partial charge in [-0.2, -0.15) is 0 Å². The average molecular weight is 451 g/mol. The molecule has 3 rings (SSSR count). The Hall–Kier alpha value is -3.15. The number of nitrogens with one attached hydrogen (secondary N) is 1. The van der Waals surface area contributed by atoms with Crippen molar-refractivity contribution in [3.05, 3.63) is 64.7 Å². The molecule has 6 nitrogen and oxygen atoms in total. The maximum atomic E-state index is 13.4. The number of rotatable bonds is 5. The predicted octanol–water partition coefficient (Wildman–Crippen LogP) is 4.95. The van der Waals surface area contributed by atoms with E-state index in [9.17, 15) is 19.8 Å². The Labute approximate surface area is 195 Å². The molecule has 1 saturated heterocycles. The number of amidine groups is 1. The van der Waals surface area contributed by atoms with Gasteiger partial charge in [0.2, 0.25) is 0 Å². The largest absolute Gasteiger partial charge is 0.507 e. The number of carbonyl (C=O) groups excluding carboxylic acids is 1. The normalized spacial score (nSPS) is 19.1. The number of benzene rings is 2. The highest BCUT2D eigenvalue weighted by Gasteiger charge is 2.43. The van der Waals surface area contributed by atoms with Gasteiger partial charge in [0.15, 0.2) is 5.78 Å². The van der Waals surface area contributed by atoms with Gasteiger partial charge in [0.05, 0.1) is 18.4 Å². The summed E-state index contributed by atoms with van der Waals surface area (Å²) in [6.45, 7) is 11.9. The summed E-state index contributed by atoms with van der Waals surface area (Å²) in [5.74, 6) is -2.20. The Balaban J connectivity index is 1.95. The highest BCUT2D eigenvalue weighted by atomic mass is 16.4. The van der Waals surface area contributed by atoms with Gasteiger partial charge < -0.3 is 15.1 Å². The first-order valence-corrected chi connectivity index (χ1v) is 11.2. The Morgan fingerprint density at radius 1 is 1.00 bits per heavy atom. The van der Waals surface area contributed by atoms with E-state index in [1.54, 1.807) is 17.0 Å². The van der Waals surface area contributed by atoms with Crippen molar-refractivity contribution >= 4 is 17.6 Å². The van der Waals surface area contributed by atoms with Crippen molar-refractivity contribution in [2.45, 2.75) is 58.3 Å². The van der Waals surface area contributed by atoms with Crippen LogP contribution < -0.4 is 0 Å². The number of nitrogens with zero attached hydrogens (tertiary/aromatic N) is 1. The van der Waals surface area contributed by atoms with Gasteiger partial charge in [0.1, 0.15) is 11.6 Å². The molecule has 0 saturated carbocycles. The molecule has 0 bridgehead atoms. The van der Waals surface area contributed by atoms with Crippen LogP contribution in [-0.2, 0) is 15.6 Å². The number of hydrogen-bond donors (Lipinski definition) is 3. The SMILES string of the molecule is CC(C)(C)c1cc(C(=O)CN2CC(C(=O)O)C(c3ccccc3)C2=N)cc(C(C)(C)C)c1O. The van der Waals surface area contributed by atoms with E-state index in [4.69, 9.17) is 5.41 Å². The Kier molecular flexibility index (Phi) is 6.42. The molecule has 2 aromatic rings. The first-order valence-electron chi connectivity index (χ1n) is 11.2. The molecule has 1 fully saturated rings. The highest BCUT2D eigenvalue weighted by Crippen LogP contribution is 2.40. The lowest BCUT2D eigenvalue weighted by atomic mass is 9.78. The number of ketones is 1. The Morgan fingerprint density at radius 3 is 1.97 bits per heavy atom. The molecule has 1 heterocycles. The number of hydrogen-bond acceptors (Lipinski definition) is 4. The van der Waals surface area contributed by atoms with Crippen LogP contribution in [0.4, 0.5) is 0 Å². The predicted molar refractivity (Wildman–Crippen MR) is 129 cm³/mol. The van der Waals surface area contributed by atoms with E-state index in [0.717, 1.165) is 5.56 Å². The summed E-state index contributed by atoms with van der Waals surface area (Å²) >= 11 is 0. The van der Waals surface area contributed by atoms with E-state index in [1.807, 2.05) is 71.9 Å². The van der Waals surface area contributed by atoms with E-state index < -0.39 is 17.8 Å². The molecule has 6 heteroatoms. The van der Waals surface area contributed by atoms with Gasteiger partial charge in [-0.1, -0.05) is 71.9 Å². The monoisotopic (exact) mass is 450 g/mol. The quantitative estimate of drug-likeness (QED) is 0.560. The molecule has 1 aliphatic heterocycles. The molecule has 3 N–H and O–H groups in total. The van der Waals surface area contributed by atoms with Crippen LogP contribution in [0.5, 0.6) is 5.75 Å². The molecular formula is C27H34N2O4. The summed E-state index contributed by atoms with van der Waals surface area (Å²) in [5.41, 5.74) is 1.88. The van der Waals surface area contributed by atoms with Crippen molar-refractivity contribution < 1.29 is 19.8 Å². The van der Waals surface area contributed by atoms with Crippen molar-refractivity contribution in [1.29, 1.82) is 5.41 Å². The Bertz CT molecular complexity index is 1040. The topological polar surface area (TPSA) is 102 Å². The van der Waals surface area contributed by atoms with Crippen molar-refractivity contribution in [3.63, 3.8) is 0 Å². The number of phenolic OH excluding ortho intramolecular Hbond substituents is 1. The van der Waals surface area contributed by atoms with Crippen LogP contribution >= 0.6 is 0 Å². The average Bonchev–Trinajstić information content (AvgIpc) is 3.03. The van der Waals surface area contributed by atoms with Crippen LogP contribution in [0.2, 0.25) is 0 Å². The van der Waals surface area contributed by atoms with Gasteiger partial charge in [-0.05, 0) is 28.5 Å². The lowest BCUT2D eigenvalue weighted by Crippen LogP contribution is -2.32. The summed E-state index contributed by atoms with van der Waals surface area (Å²) < 4.78 is 0. The Morgan fingerprint density at radius 2 is 1.52 bits per heavy atom. The van der Waals surface area contributed by atoms with E-state index in [1.165, 1.54) is 0 Å². The molecule has 0 spiro atoms. The lowest BCUT2D eigenvalue weighted by Gasteiger charge is -2.28. The molecule has 33 heavy (non-hydrogen) atoms. The molecule has 0 radical (unpaired) electrons. The third-order valence-electron chi connectivity index (χ3n) is 6.31. The third kappa shape index (κ3) is 4.95. The molecule has 176 valence electrons. The molecule has 0 aromatic heterocycles. The summed E-state index contributed by atoms with van der Waals surface area (Å²) in [4.78, 5) is 26.9. The number of likely N-dealkylation sites (tertiary alicyclic amines) is 1. The number of carbonyl (C=O) groups is 2. The van der Waals surface area contributed by atoms with Crippen LogP contribution in [0.15, 0.2) is 42.5 Å². The minimum Gasteiger partial charge on any atom is -0.507 e. The first-order chi connectivity index (χ1) is 15.2. The van der Waals surface area contributed by atoms with Crippen molar-refractivity contribution in [2.75, 3.05) is 13.1 Å². The van der Waals surface area contributed by atoms with Crippen LogP contribution in [0, 0.1) is 11.3 Å². The van der Waals surface area contributed by atoms with Gasteiger partial charge >= 0.3 is 5.97 Å². The maximum absolute atomic E-state index is 13.4. The number of Topliss-reactive ketones (excluding diaryl/α,β-unsaturated/α-hetero) is 1. The zero-order valence-electron chi connectivity index (χ0n) is 20.3. The standard InChI is InChI=1S/C27H34N2O4/c1-26(2,3)19-12-17(13-20(23(19)31)27(4,5)6)21(30)15-29-14-18(25(32)33)22(24(29)28)16-10-8-7-9-11-16/h7-13,18,22,28,31H,14-15H2,1-6H3,(H,32,33). The van der Waals surface area contributed by atoms with Gasteiger partial charge in [-0.25, -0.2) is 0 Å². The lowest BCUT2D eigenvalue weighted by molar-refractivity contribution is -0.141. The van der Waals surface area contributed by atoms with Gasteiger partial charge in [0, 0.05) is 23.2 Å². The number of aromatic hydroxyl groups is 1. The summed E-state index contributed by atoms with van der Waals surface area (Å²) in [7, 11) is 0. The molecule has 0 aliphatic carbocycles. The van der Waals surface area contributed by atoms with E-state index in [0.29, 0.717) is 16.7 Å². The maximum Gasteiger partial charge on any atom is 0.309 e. The summed E-state index contributed by atoms with van der Waals surface area (Å²) in [6, 6.07) is 12.6. The molecule has 0 amide bonds. The van der Waals surface area contributed by atoms with Gasteiger partial charge in [-0.3, -0.25) is 15.0 Å². The second kappa shape index (κ2) is 8.65. The minimum absolute atomic E-state index is 0.0795. The smallest absolute Gasteiger partial charge is 0.309 e.